The number of rotatable bonds is 9. The van der Waals surface area contributed by atoms with Crippen molar-refractivity contribution in [3.05, 3.63) is 99.1 Å². The van der Waals surface area contributed by atoms with Crippen molar-refractivity contribution in [2.75, 3.05) is 13.2 Å². The number of hydrogen-bond donors (Lipinski definition) is 2. The molecule has 0 saturated carbocycles. The molecule has 0 aliphatic carbocycles. The second-order valence-corrected chi connectivity index (χ2v) is 7.81. The number of nitrogens with one attached hydrogen (secondary N) is 1. The van der Waals surface area contributed by atoms with Gasteiger partial charge < -0.3 is 19.6 Å². The molecule has 0 bridgehead atoms. The maximum Gasteiger partial charge on any atom is 0.251 e. The molecule has 2 heterocycles. The van der Waals surface area contributed by atoms with Crippen LogP contribution in [0.4, 0.5) is 0 Å². The van der Waals surface area contributed by atoms with E-state index in [0.717, 1.165) is 18.7 Å². The molecule has 0 radical (unpaired) electrons. The molecule has 2 N–H and O–H groups in total. The van der Waals surface area contributed by atoms with Crippen LogP contribution in [0.5, 0.6) is 5.75 Å². The van der Waals surface area contributed by atoms with E-state index >= 15 is 0 Å². The van der Waals surface area contributed by atoms with Crippen molar-refractivity contribution in [2.45, 2.75) is 32.7 Å². The number of hydrogen-bond acceptors (Lipinski definition) is 6. The molecule has 0 spiro atoms. The van der Waals surface area contributed by atoms with Gasteiger partial charge in [-0.1, -0.05) is 36.4 Å². The standard InChI is InChI=1S/C25H26N2O5/c28-11-3-10-26-25(30)19-8-6-18(7-9-19)16-32-24-17-31-22(12-23(24)29)15-27-13-20-4-1-2-5-21(20)14-27/h1-2,4-9,12,17,28H,3,10-11,13-16H2,(H,26,30). The minimum absolute atomic E-state index is 0.0397. The third-order valence-electron chi connectivity index (χ3n) is 5.37. The number of fused-ring (bicyclic) bond motifs is 1. The van der Waals surface area contributed by atoms with Crippen LogP contribution in [0, 0.1) is 0 Å². The van der Waals surface area contributed by atoms with Gasteiger partial charge in [0.1, 0.15) is 18.6 Å². The maximum absolute atomic E-state index is 12.4. The lowest BCUT2D eigenvalue weighted by atomic mass is 10.1. The first-order valence-corrected chi connectivity index (χ1v) is 10.6. The quantitative estimate of drug-likeness (QED) is 0.503. The summed E-state index contributed by atoms with van der Waals surface area (Å²) in [6.07, 6.45) is 1.88. The Morgan fingerprint density at radius 1 is 1.09 bits per heavy atom. The lowest BCUT2D eigenvalue weighted by molar-refractivity contribution is 0.0951. The summed E-state index contributed by atoms with van der Waals surface area (Å²) < 4.78 is 11.3. The predicted molar refractivity (Wildman–Crippen MR) is 119 cm³/mol. The van der Waals surface area contributed by atoms with Crippen molar-refractivity contribution in [2.24, 2.45) is 0 Å². The van der Waals surface area contributed by atoms with Crippen LogP contribution in [0.2, 0.25) is 0 Å². The van der Waals surface area contributed by atoms with Crippen molar-refractivity contribution in [1.82, 2.24) is 10.2 Å². The van der Waals surface area contributed by atoms with Crippen molar-refractivity contribution >= 4 is 5.91 Å². The number of carbonyl (C=O) groups is 1. The van der Waals surface area contributed by atoms with E-state index in [-0.39, 0.29) is 30.3 Å². The minimum Gasteiger partial charge on any atom is -0.482 e. The average molecular weight is 434 g/mol. The number of nitrogens with zero attached hydrogens (tertiary/aromatic N) is 1. The van der Waals surface area contributed by atoms with E-state index in [2.05, 4.69) is 22.3 Å². The molecule has 166 valence electrons. The van der Waals surface area contributed by atoms with Crippen molar-refractivity contribution in [3.8, 4) is 5.75 Å². The number of carbonyl (C=O) groups excluding carboxylic acids is 1. The summed E-state index contributed by atoms with van der Waals surface area (Å²) in [5.41, 5.74) is 3.75. The average Bonchev–Trinajstić information content (AvgIpc) is 3.21. The molecule has 4 rings (SSSR count). The molecule has 3 aromatic rings. The monoisotopic (exact) mass is 434 g/mol. The number of aliphatic hydroxyl groups is 1. The van der Waals surface area contributed by atoms with Gasteiger partial charge in [-0.15, -0.1) is 0 Å². The van der Waals surface area contributed by atoms with E-state index in [9.17, 15) is 9.59 Å². The molecule has 32 heavy (non-hydrogen) atoms. The van der Waals surface area contributed by atoms with Gasteiger partial charge in [0.2, 0.25) is 11.2 Å². The van der Waals surface area contributed by atoms with Gasteiger partial charge in [-0.25, -0.2) is 0 Å². The van der Waals surface area contributed by atoms with E-state index in [1.54, 1.807) is 24.3 Å². The Labute approximate surface area is 186 Å². The van der Waals surface area contributed by atoms with Crippen molar-refractivity contribution in [3.63, 3.8) is 0 Å². The molecule has 2 aromatic carbocycles. The Balaban J connectivity index is 1.30. The van der Waals surface area contributed by atoms with Gasteiger partial charge in [0.15, 0.2) is 0 Å². The van der Waals surface area contributed by atoms with Crippen LogP contribution in [-0.2, 0) is 26.2 Å². The smallest absolute Gasteiger partial charge is 0.251 e. The van der Waals surface area contributed by atoms with Crippen LogP contribution in [-0.4, -0.2) is 29.1 Å². The van der Waals surface area contributed by atoms with Gasteiger partial charge in [0.25, 0.3) is 5.91 Å². The van der Waals surface area contributed by atoms with Crippen LogP contribution in [0.25, 0.3) is 0 Å². The number of amides is 1. The van der Waals surface area contributed by atoms with Gasteiger partial charge >= 0.3 is 0 Å². The first-order chi connectivity index (χ1) is 15.6. The molecule has 0 saturated heterocycles. The van der Waals surface area contributed by atoms with Gasteiger partial charge in [0.05, 0.1) is 6.54 Å². The lowest BCUT2D eigenvalue weighted by Gasteiger charge is -2.14. The summed E-state index contributed by atoms with van der Waals surface area (Å²) in [4.78, 5) is 26.7. The highest BCUT2D eigenvalue weighted by Gasteiger charge is 2.19. The van der Waals surface area contributed by atoms with Gasteiger partial charge in [-0.05, 0) is 35.2 Å². The fraction of sp³-hybridized carbons (Fsp3) is 0.280. The number of aliphatic hydroxyl groups excluding tert-OH is 1. The summed E-state index contributed by atoms with van der Waals surface area (Å²) in [5, 5.41) is 11.5. The second kappa shape index (κ2) is 10.3. The molecule has 0 unspecified atom stereocenters. The topological polar surface area (TPSA) is 92.0 Å². The highest BCUT2D eigenvalue weighted by atomic mass is 16.5. The lowest BCUT2D eigenvalue weighted by Crippen LogP contribution is -2.24. The maximum atomic E-state index is 12.4. The molecule has 1 aliphatic rings. The first-order valence-electron chi connectivity index (χ1n) is 10.6. The summed E-state index contributed by atoms with van der Waals surface area (Å²) in [5.74, 6) is 0.569. The third kappa shape index (κ3) is 5.43. The SMILES string of the molecule is O=C(NCCCO)c1ccc(COc2coc(CN3Cc4ccccc4C3)cc2=O)cc1. The van der Waals surface area contributed by atoms with E-state index in [4.69, 9.17) is 14.3 Å². The third-order valence-corrected chi connectivity index (χ3v) is 5.37. The van der Waals surface area contributed by atoms with Gasteiger partial charge in [-0.2, -0.15) is 0 Å². The molecule has 1 amide bonds. The highest BCUT2D eigenvalue weighted by molar-refractivity contribution is 5.94. The largest absolute Gasteiger partial charge is 0.482 e. The van der Waals surface area contributed by atoms with Gasteiger partial charge in [0, 0.05) is 37.9 Å². The number of benzene rings is 2. The van der Waals surface area contributed by atoms with Crippen molar-refractivity contribution < 1.29 is 19.1 Å². The fourth-order valence-corrected chi connectivity index (χ4v) is 3.66. The van der Waals surface area contributed by atoms with Crippen molar-refractivity contribution in [1.29, 1.82) is 0 Å². The highest BCUT2D eigenvalue weighted by Crippen LogP contribution is 2.24. The minimum atomic E-state index is -0.220. The zero-order valence-electron chi connectivity index (χ0n) is 17.8. The zero-order valence-corrected chi connectivity index (χ0v) is 17.8. The van der Waals surface area contributed by atoms with Gasteiger partial charge in [-0.3, -0.25) is 14.5 Å². The summed E-state index contributed by atoms with van der Waals surface area (Å²) in [7, 11) is 0. The molecule has 0 atom stereocenters. The molecular formula is C25H26N2O5. The van der Waals surface area contributed by atoms with Crippen LogP contribution < -0.4 is 15.5 Å². The summed E-state index contributed by atoms with van der Waals surface area (Å²) in [6.45, 7) is 2.90. The Bertz CT molecular complexity index is 1100. The molecule has 7 heteroatoms. The van der Waals surface area contributed by atoms with Crippen LogP contribution in [0.1, 0.15) is 39.2 Å². The summed E-state index contributed by atoms with van der Waals surface area (Å²) >= 11 is 0. The predicted octanol–water partition coefficient (Wildman–Crippen LogP) is 2.85. The molecule has 0 fully saturated rings. The van der Waals surface area contributed by atoms with Crippen LogP contribution >= 0.6 is 0 Å². The molecule has 7 nitrogen and oxygen atoms in total. The molecule has 1 aromatic heterocycles. The van der Waals surface area contributed by atoms with E-state index in [0.29, 0.717) is 30.8 Å². The Kier molecular flexibility index (Phi) is 6.99. The van der Waals surface area contributed by atoms with Crippen LogP contribution in [0.3, 0.4) is 0 Å². The number of ether oxygens (including phenoxy) is 1. The van der Waals surface area contributed by atoms with Crippen LogP contribution in [0.15, 0.2) is 70.1 Å². The Hall–Kier alpha value is -3.42. The van der Waals surface area contributed by atoms with E-state index in [1.165, 1.54) is 23.5 Å². The summed E-state index contributed by atoms with van der Waals surface area (Å²) in [6, 6.07) is 16.8. The molecular weight excluding hydrogens is 408 g/mol. The zero-order chi connectivity index (χ0) is 22.3. The molecule has 1 aliphatic heterocycles. The van der Waals surface area contributed by atoms with E-state index < -0.39 is 0 Å². The normalized spacial score (nSPS) is 13.0. The second-order valence-electron chi connectivity index (χ2n) is 7.81. The Morgan fingerprint density at radius 2 is 1.81 bits per heavy atom. The first kappa shape index (κ1) is 21.8. The van der Waals surface area contributed by atoms with E-state index in [1.807, 2.05) is 12.1 Å². The fourth-order valence-electron chi connectivity index (χ4n) is 3.66. The Morgan fingerprint density at radius 3 is 2.47 bits per heavy atom.